The number of esters is 1. The van der Waals surface area contributed by atoms with Crippen molar-refractivity contribution in [3.8, 4) is 0 Å². The second-order valence-electron chi connectivity index (χ2n) is 5.15. The first-order valence-corrected chi connectivity index (χ1v) is 6.43. The van der Waals surface area contributed by atoms with Gasteiger partial charge in [-0.2, -0.15) is 0 Å². The molecule has 0 radical (unpaired) electrons. The van der Waals surface area contributed by atoms with E-state index in [1.807, 2.05) is 0 Å². The van der Waals surface area contributed by atoms with Gasteiger partial charge in [0.1, 0.15) is 5.69 Å². The molecule has 1 unspecified atom stereocenters. The number of carbonyl (C=O) groups is 1. The molecule has 2 atom stereocenters. The lowest BCUT2D eigenvalue weighted by Gasteiger charge is -2.33. The van der Waals surface area contributed by atoms with E-state index in [1.54, 1.807) is 0 Å². The number of aliphatic imine (C=N–C) groups is 1. The van der Waals surface area contributed by atoms with Gasteiger partial charge in [0.05, 0.1) is 31.1 Å². The van der Waals surface area contributed by atoms with E-state index in [4.69, 9.17) is 5.73 Å². The Morgan fingerprint density at radius 2 is 2.29 bits per heavy atom. The van der Waals surface area contributed by atoms with Crippen LogP contribution in [-0.2, 0) is 4.74 Å². The van der Waals surface area contributed by atoms with Crippen LogP contribution in [0, 0.1) is 0 Å². The lowest BCUT2D eigenvalue weighted by atomic mass is 10.0. The molecule has 0 spiro atoms. The maximum Gasteiger partial charge on any atom is 0.356 e. The van der Waals surface area contributed by atoms with Gasteiger partial charge in [0, 0.05) is 12.0 Å². The first kappa shape index (κ1) is 13.7. The molecular weight excluding hydrogens is 282 g/mol. The number of ether oxygens (including phenoxy) is 1. The minimum absolute atomic E-state index is 0.0461. The lowest BCUT2D eigenvalue weighted by Crippen LogP contribution is -2.46. The van der Waals surface area contributed by atoms with Gasteiger partial charge in [-0.25, -0.2) is 23.6 Å². The number of nitrogens with two attached hydrogens (primary N) is 1. The molecule has 1 saturated heterocycles. The van der Waals surface area contributed by atoms with Crippen LogP contribution in [0.15, 0.2) is 17.3 Å². The number of hydrogen-bond acceptors (Lipinski definition) is 6. The maximum atomic E-state index is 14.0. The van der Waals surface area contributed by atoms with Crippen LogP contribution in [0.4, 0.5) is 14.5 Å². The lowest BCUT2D eigenvalue weighted by molar-refractivity contribution is -0.0169. The largest absolute Gasteiger partial charge is 0.464 e. The molecule has 0 aliphatic carbocycles. The van der Waals surface area contributed by atoms with E-state index >= 15 is 0 Å². The molecule has 3 heterocycles. The van der Waals surface area contributed by atoms with E-state index in [-0.39, 0.29) is 18.1 Å². The Hall–Kier alpha value is -2.25. The second kappa shape index (κ2) is 4.37. The fourth-order valence-electron chi connectivity index (χ4n) is 2.84. The number of carbonyl (C=O) groups excluding carboxylic acids is 1. The third kappa shape index (κ3) is 1.93. The van der Waals surface area contributed by atoms with Crippen molar-refractivity contribution >= 4 is 17.6 Å². The summed E-state index contributed by atoms with van der Waals surface area (Å²) in [4.78, 5) is 21.0. The molecule has 6 nitrogen and oxygen atoms in total. The summed E-state index contributed by atoms with van der Waals surface area (Å²) in [6.45, 7) is 1.41. The highest BCUT2D eigenvalue weighted by Gasteiger charge is 2.54. The van der Waals surface area contributed by atoms with Crippen LogP contribution in [-0.4, -0.2) is 40.9 Å². The maximum absolute atomic E-state index is 14.0. The van der Waals surface area contributed by atoms with Gasteiger partial charge in [0.25, 0.3) is 5.92 Å². The summed E-state index contributed by atoms with van der Waals surface area (Å²) in [5.41, 5.74) is 6.78. The summed E-state index contributed by atoms with van der Waals surface area (Å²) >= 11 is 0. The summed E-state index contributed by atoms with van der Waals surface area (Å²) < 4.78 is 32.5. The third-order valence-corrected chi connectivity index (χ3v) is 4.00. The third-order valence-electron chi connectivity index (χ3n) is 4.00. The number of guanidine groups is 1. The van der Waals surface area contributed by atoms with Crippen molar-refractivity contribution in [3.63, 3.8) is 0 Å². The topological polar surface area (TPSA) is 80.8 Å². The molecule has 1 aromatic rings. The minimum Gasteiger partial charge on any atom is -0.464 e. The zero-order valence-corrected chi connectivity index (χ0v) is 11.5. The van der Waals surface area contributed by atoms with Crippen molar-refractivity contribution in [1.82, 2.24) is 9.88 Å². The number of methoxy groups -OCH3 is 1. The second-order valence-corrected chi connectivity index (χ2v) is 5.15. The zero-order chi connectivity index (χ0) is 15.4. The Bertz CT molecular complexity index is 647. The van der Waals surface area contributed by atoms with Crippen molar-refractivity contribution in [2.45, 2.75) is 31.4 Å². The predicted octanol–water partition coefficient (Wildman–Crippen LogP) is 1.60. The molecule has 0 bridgehead atoms. The predicted molar refractivity (Wildman–Crippen MR) is 70.5 cm³/mol. The summed E-state index contributed by atoms with van der Waals surface area (Å²) in [5.74, 6) is -3.45. The van der Waals surface area contributed by atoms with E-state index in [2.05, 4.69) is 14.7 Å². The molecule has 1 fully saturated rings. The van der Waals surface area contributed by atoms with Crippen LogP contribution in [0.25, 0.3) is 0 Å². The Morgan fingerprint density at radius 3 is 2.95 bits per heavy atom. The first-order chi connectivity index (χ1) is 9.85. The van der Waals surface area contributed by atoms with Crippen molar-refractivity contribution < 1.29 is 18.3 Å². The highest BCUT2D eigenvalue weighted by atomic mass is 19.3. The van der Waals surface area contributed by atoms with Gasteiger partial charge in [0.15, 0.2) is 5.96 Å². The fraction of sp³-hybridized carbons (Fsp3) is 0.462. The van der Waals surface area contributed by atoms with Gasteiger partial charge in [0.2, 0.25) is 0 Å². The summed E-state index contributed by atoms with van der Waals surface area (Å²) in [6.07, 6.45) is 0.981. The van der Waals surface area contributed by atoms with Crippen LogP contribution in [0.1, 0.15) is 35.4 Å². The minimum atomic E-state index is -2.87. The molecule has 1 aromatic heterocycles. The number of alkyl halides is 2. The molecule has 2 N–H and O–H groups in total. The van der Waals surface area contributed by atoms with E-state index < -0.39 is 24.0 Å². The number of nitrogens with zero attached hydrogens (tertiary/aromatic N) is 3. The Morgan fingerprint density at radius 1 is 1.57 bits per heavy atom. The Kier molecular flexibility index (Phi) is 2.86. The van der Waals surface area contributed by atoms with E-state index in [9.17, 15) is 13.6 Å². The normalized spacial score (nSPS) is 25.9. The van der Waals surface area contributed by atoms with Crippen LogP contribution in [0.5, 0.6) is 0 Å². The summed E-state index contributed by atoms with van der Waals surface area (Å²) in [5, 5.41) is 0. The molecule has 0 amide bonds. The smallest absolute Gasteiger partial charge is 0.356 e. The summed E-state index contributed by atoms with van der Waals surface area (Å²) in [7, 11) is 1.23. The molecule has 21 heavy (non-hydrogen) atoms. The molecule has 0 aromatic carbocycles. The molecule has 112 valence electrons. The van der Waals surface area contributed by atoms with Crippen LogP contribution >= 0.6 is 0 Å². The number of fused-ring (bicyclic) bond motifs is 3. The van der Waals surface area contributed by atoms with Gasteiger partial charge < -0.3 is 15.4 Å². The van der Waals surface area contributed by atoms with Crippen molar-refractivity contribution in [3.05, 3.63) is 23.5 Å². The van der Waals surface area contributed by atoms with Crippen LogP contribution in [0.3, 0.4) is 0 Å². The quantitative estimate of drug-likeness (QED) is 0.796. The number of rotatable bonds is 1. The number of pyridine rings is 1. The SMILES string of the molecule is COC(=O)c1cc2c(cn1)N=C(N)N1C2CC(F)(F)[C@@H]1C. The van der Waals surface area contributed by atoms with Crippen LogP contribution < -0.4 is 5.73 Å². The number of halogens is 2. The van der Waals surface area contributed by atoms with Crippen molar-refractivity contribution in [2.24, 2.45) is 10.7 Å². The number of hydrogen-bond donors (Lipinski definition) is 1. The molecule has 8 heteroatoms. The average Bonchev–Trinajstić information content (AvgIpc) is 2.69. The number of aromatic nitrogens is 1. The van der Waals surface area contributed by atoms with Gasteiger partial charge in [-0.1, -0.05) is 0 Å². The first-order valence-electron chi connectivity index (χ1n) is 6.43. The van der Waals surface area contributed by atoms with E-state index in [0.29, 0.717) is 11.3 Å². The Balaban J connectivity index is 2.10. The molecule has 2 aliphatic rings. The molecular formula is C13H14F2N4O2. The highest BCUT2D eigenvalue weighted by Crippen LogP contribution is 2.49. The van der Waals surface area contributed by atoms with Gasteiger partial charge in [-0.3, -0.25) is 0 Å². The van der Waals surface area contributed by atoms with E-state index in [0.717, 1.165) is 0 Å². The van der Waals surface area contributed by atoms with Crippen molar-refractivity contribution in [2.75, 3.05) is 7.11 Å². The zero-order valence-electron chi connectivity index (χ0n) is 11.5. The standard InChI is InChI=1S/C13H14F2N4O2/c1-6-13(14,15)4-10-7-3-8(11(20)21-2)17-5-9(7)18-12(16)19(6)10/h3,5-6,10H,4H2,1-2H3,(H2,16,18)/t6-,10?/m0/s1. The van der Waals surface area contributed by atoms with Gasteiger partial charge in [-0.05, 0) is 13.0 Å². The fourth-order valence-corrected chi connectivity index (χ4v) is 2.84. The average molecular weight is 296 g/mol. The van der Waals surface area contributed by atoms with Crippen LogP contribution in [0.2, 0.25) is 0 Å². The monoisotopic (exact) mass is 296 g/mol. The molecule has 0 saturated carbocycles. The van der Waals surface area contributed by atoms with Gasteiger partial charge in [-0.15, -0.1) is 0 Å². The summed E-state index contributed by atoms with van der Waals surface area (Å²) in [6, 6.07) is -0.217. The highest BCUT2D eigenvalue weighted by molar-refractivity contribution is 5.89. The van der Waals surface area contributed by atoms with Gasteiger partial charge >= 0.3 is 5.97 Å². The van der Waals surface area contributed by atoms with Crippen molar-refractivity contribution in [1.29, 1.82) is 0 Å². The molecule has 3 rings (SSSR count). The molecule has 2 aliphatic heterocycles. The van der Waals surface area contributed by atoms with E-state index in [1.165, 1.54) is 31.2 Å². The Labute approximate surface area is 119 Å².